The Bertz CT molecular complexity index is 1230. The molecular weight excluding hydrogens is 513 g/mol. The topological polar surface area (TPSA) is 217 Å². The predicted octanol–water partition coefficient (Wildman–Crippen LogP) is 0.191. The Morgan fingerprint density at radius 1 is 1.22 bits per heavy atom. The zero-order valence-electron chi connectivity index (χ0n) is 18.6. The van der Waals surface area contributed by atoms with Gasteiger partial charge in [0.2, 0.25) is 11.9 Å². The van der Waals surface area contributed by atoms with Crippen LogP contribution in [0.2, 0.25) is 0 Å². The number of carbonyl (C=O) groups is 2. The van der Waals surface area contributed by atoms with E-state index in [0.29, 0.717) is 5.69 Å². The maximum Gasteiger partial charge on any atom is 0.490 e. The van der Waals surface area contributed by atoms with E-state index < -0.39 is 33.6 Å². The number of aryl methyl sites for hydroxylation is 1. The number of aromatic nitrogens is 1. The molecule has 2 aromatic rings. The van der Waals surface area contributed by atoms with Crippen LogP contribution < -0.4 is 26.8 Å². The van der Waals surface area contributed by atoms with Gasteiger partial charge in [-0.1, -0.05) is 18.2 Å². The molecule has 0 unspecified atom stereocenters. The molecule has 0 aliphatic heterocycles. The van der Waals surface area contributed by atoms with Crippen molar-refractivity contribution in [1.82, 2.24) is 15.8 Å². The molecule has 1 aromatic heterocycles. The highest BCUT2D eigenvalue weighted by Crippen LogP contribution is 2.18. The lowest BCUT2D eigenvalue weighted by atomic mass is 10.1. The van der Waals surface area contributed by atoms with Gasteiger partial charge in [0.1, 0.15) is 5.69 Å². The number of nitrogens with one attached hydrogen (secondary N) is 5. The molecule has 0 spiro atoms. The molecule has 0 saturated heterocycles. The standard InChI is InChI=1S/C17H22N6O5S.C2HF3O2/c1-11-9-12(10-14(24)20-7-8-28-22-17(18)19)15(16(25)21-11)23-29(26,27)13-5-3-2-4-6-13;3-2(4,5)1(6)7/h2-6,9,23H,7-8,10H2,1H3,(H,20,24)(H,21,25)(H4,18,19,22);(H,6,7). The van der Waals surface area contributed by atoms with Crippen molar-refractivity contribution in [2.24, 2.45) is 5.73 Å². The summed E-state index contributed by atoms with van der Waals surface area (Å²) in [7, 11) is -4.00. The van der Waals surface area contributed by atoms with Gasteiger partial charge in [-0.2, -0.15) is 13.2 Å². The van der Waals surface area contributed by atoms with Crippen molar-refractivity contribution in [2.45, 2.75) is 24.4 Å². The van der Waals surface area contributed by atoms with Crippen LogP contribution >= 0.6 is 0 Å². The third-order valence-electron chi connectivity index (χ3n) is 3.84. The van der Waals surface area contributed by atoms with Crippen LogP contribution in [0.3, 0.4) is 0 Å². The maximum absolute atomic E-state index is 12.6. The number of sulfonamides is 1. The Kier molecular flexibility index (Phi) is 10.9. The largest absolute Gasteiger partial charge is 0.490 e. The lowest BCUT2D eigenvalue weighted by Gasteiger charge is -2.13. The molecule has 0 saturated carbocycles. The first-order chi connectivity index (χ1) is 16.6. The van der Waals surface area contributed by atoms with Crippen LogP contribution in [0.15, 0.2) is 46.1 Å². The first kappa shape index (κ1) is 29.9. The molecule has 17 heteroatoms. The maximum atomic E-state index is 12.6. The summed E-state index contributed by atoms with van der Waals surface area (Å²) >= 11 is 0. The number of nitrogens with two attached hydrogens (primary N) is 1. The second-order valence-electron chi connectivity index (χ2n) is 6.79. The number of guanidine groups is 1. The minimum atomic E-state index is -5.08. The number of H-pyrrole nitrogens is 1. The van der Waals surface area contributed by atoms with Crippen LogP contribution in [0, 0.1) is 12.3 Å². The van der Waals surface area contributed by atoms with Crippen molar-refractivity contribution in [3.05, 3.63) is 58.0 Å². The molecule has 13 nitrogen and oxygen atoms in total. The molecule has 0 atom stereocenters. The molecule has 0 fully saturated rings. The second kappa shape index (κ2) is 13.1. The predicted molar refractivity (Wildman–Crippen MR) is 120 cm³/mol. The number of hydroxylamine groups is 1. The highest BCUT2D eigenvalue weighted by atomic mass is 32.2. The van der Waals surface area contributed by atoms with E-state index >= 15 is 0 Å². The van der Waals surface area contributed by atoms with Gasteiger partial charge in [0.15, 0.2) is 0 Å². The number of alkyl halides is 3. The van der Waals surface area contributed by atoms with E-state index in [0.717, 1.165) is 0 Å². The van der Waals surface area contributed by atoms with E-state index in [-0.39, 0.29) is 41.7 Å². The molecule has 1 aromatic carbocycles. The fraction of sp³-hybridized carbons (Fsp3) is 0.263. The van der Waals surface area contributed by atoms with E-state index in [4.69, 9.17) is 25.9 Å². The van der Waals surface area contributed by atoms with Gasteiger partial charge < -0.3 is 21.1 Å². The number of carboxylic acid groups (broad SMARTS) is 1. The number of anilines is 1. The highest BCUT2D eigenvalue weighted by molar-refractivity contribution is 7.92. The summed E-state index contributed by atoms with van der Waals surface area (Å²) in [4.78, 5) is 40.7. The van der Waals surface area contributed by atoms with Gasteiger partial charge in [-0.15, -0.1) is 0 Å². The van der Waals surface area contributed by atoms with Crippen LogP contribution in [0.1, 0.15) is 11.3 Å². The second-order valence-corrected chi connectivity index (χ2v) is 8.48. The molecule has 0 aliphatic rings. The molecule has 1 amide bonds. The summed E-state index contributed by atoms with van der Waals surface area (Å²) in [5.74, 6) is -3.57. The van der Waals surface area contributed by atoms with Gasteiger partial charge >= 0.3 is 12.1 Å². The summed E-state index contributed by atoms with van der Waals surface area (Å²) in [6.45, 7) is 1.79. The van der Waals surface area contributed by atoms with Crippen LogP contribution in [0.5, 0.6) is 0 Å². The zero-order chi connectivity index (χ0) is 27.5. The quantitative estimate of drug-likeness (QED) is 0.101. The van der Waals surface area contributed by atoms with Crippen LogP contribution in [0.4, 0.5) is 18.9 Å². The number of carbonyl (C=O) groups excluding carboxylic acids is 1. The Labute approximate surface area is 202 Å². The van der Waals surface area contributed by atoms with Crippen molar-refractivity contribution in [3.63, 3.8) is 0 Å². The first-order valence-electron chi connectivity index (χ1n) is 9.72. The number of benzene rings is 1. The Hall–Kier alpha value is -4.12. The van der Waals surface area contributed by atoms with Crippen LogP contribution in [-0.4, -0.2) is 55.7 Å². The lowest BCUT2D eigenvalue weighted by Crippen LogP contribution is -2.35. The number of rotatable bonds is 9. The molecule has 36 heavy (non-hydrogen) atoms. The SMILES string of the molecule is Cc1cc(CC(=O)NCCONC(=N)N)c(NS(=O)(=O)c2ccccc2)c(=O)[nH]1.O=C(O)C(F)(F)F. The monoisotopic (exact) mass is 536 g/mol. The zero-order valence-corrected chi connectivity index (χ0v) is 19.4. The summed E-state index contributed by atoms with van der Waals surface area (Å²) in [5.41, 5.74) is 7.01. The van der Waals surface area contributed by atoms with Crippen molar-refractivity contribution >= 4 is 33.5 Å². The first-order valence-corrected chi connectivity index (χ1v) is 11.2. The van der Waals surface area contributed by atoms with Crippen molar-refractivity contribution in [1.29, 1.82) is 5.41 Å². The van der Waals surface area contributed by atoms with E-state index in [1.807, 2.05) is 0 Å². The minimum Gasteiger partial charge on any atom is -0.475 e. The number of carboxylic acids is 1. The van der Waals surface area contributed by atoms with Crippen molar-refractivity contribution in [3.8, 4) is 0 Å². The van der Waals surface area contributed by atoms with Crippen LogP contribution in [-0.2, 0) is 30.9 Å². The third kappa shape index (κ3) is 10.4. The number of hydrogen-bond acceptors (Lipinski definition) is 7. The van der Waals surface area contributed by atoms with Crippen LogP contribution in [0.25, 0.3) is 0 Å². The molecule has 8 N–H and O–H groups in total. The molecule has 2 rings (SSSR count). The molecule has 0 bridgehead atoms. The summed E-state index contributed by atoms with van der Waals surface area (Å²) in [5, 5.41) is 16.6. The van der Waals surface area contributed by atoms with E-state index in [1.165, 1.54) is 18.2 Å². The average molecular weight is 536 g/mol. The van der Waals surface area contributed by atoms with Gasteiger partial charge in [-0.05, 0) is 30.7 Å². The van der Waals surface area contributed by atoms with Gasteiger partial charge in [0.25, 0.3) is 15.6 Å². The number of amides is 1. The fourth-order valence-corrected chi connectivity index (χ4v) is 3.53. The van der Waals surface area contributed by atoms with Gasteiger partial charge in [-0.25, -0.2) is 18.7 Å². The molecule has 0 aliphatic carbocycles. The van der Waals surface area contributed by atoms with Crippen molar-refractivity contribution in [2.75, 3.05) is 17.9 Å². The average Bonchev–Trinajstić information content (AvgIpc) is 2.76. The number of pyridine rings is 1. The smallest absolute Gasteiger partial charge is 0.475 e. The summed E-state index contributed by atoms with van der Waals surface area (Å²) < 4.78 is 59.1. The third-order valence-corrected chi connectivity index (χ3v) is 5.21. The van der Waals surface area contributed by atoms with E-state index in [1.54, 1.807) is 25.1 Å². The molecular formula is C19H23F3N6O7S. The van der Waals surface area contributed by atoms with Gasteiger partial charge in [-0.3, -0.25) is 24.6 Å². The molecule has 0 radical (unpaired) electrons. The molecule has 198 valence electrons. The number of hydrogen-bond donors (Lipinski definition) is 7. The van der Waals surface area contributed by atoms with Gasteiger partial charge in [0.05, 0.1) is 17.9 Å². The summed E-state index contributed by atoms with van der Waals surface area (Å²) in [6, 6.07) is 9.11. The van der Waals surface area contributed by atoms with Gasteiger partial charge in [0, 0.05) is 12.2 Å². The van der Waals surface area contributed by atoms with Crippen molar-refractivity contribution < 1.29 is 41.1 Å². The minimum absolute atomic E-state index is 0.00880. The number of aromatic amines is 1. The Morgan fingerprint density at radius 2 is 1.81 bits per heavy atom. The van der Waals surface area contributed by atoms with E-state index in [2.05, 4.69) is 20.5 Å². The number of halogens is 3. The Balaban J connectivity index is 0.000000809. The number of aliphatic carboxylic acids is 1. The highest BCUT2D eigenvalue weighted by Gasteiger charge is 2.38. The lowest BCUT2D eigenvalue weighted by molar-refractivity contribution is -0.192. The molecule has 1 heterocycles. The fourth-order valence-electron chi connectivity index (χ4n) is 2.41. The Morgan fingerprint density at radius 3 is 2.33 bits per heavy atom. The summed E-state index contributed by atoms with van der Waals surface area (Å²) in [6.07, 6.45) is -5.31. The normalized spacial score (nSPS) is 11.0. The van der Waals surface area contributed by atoms with E-state index in [9.17, 15) is 31.2 Å².